The van der Waals surface area contributed by atoms with Gasteiger partial charge in [-0.15, -0.1) is 0 Å². The number of amides is 2. The minimum atomic E-state index is -0.500. The van der Waals surface area contributed by atoms with Crippen molar-refractivity contribution in [1.82, 2.24) is 9.47 Å². The van der Waals surface area contributed by atoms with Crippen molar-refractivity contribution >= 4 is 17.1 Å². The fourth-order valence-electron chi connectivity index (χ4n) is 1.63. The van der Waals surface area contributed by atoms with E-state index in [1.54, 1.807) is 26.2 Å². The number of carbonyl (C=O) groups is 1. The number of oxazole rings is 1. The van der Waals surface area contributed by atoms with Gasteiger partial charge in [-0.1, -0.05) is 6.07 Å². The molecule has 0 unspecified atom stereocenters. The first-order valence-corrected chi connectivity index (χ1v) is 5.08. The van der Waals surface area contributed by atoms with E-state index >= 15 is 0 Å². The molecule has 0 atom stereocenters. The third-order valence-electron chi connectivity index (χ3n) is 2.65. The van der Waals surface area contributed by atoms with E-state index in [1.165, 1.54) is 9.47 Å². The Morgan fingerprint density at radius 1 is 1.53 bits per heavy atom. The largest absolute Gasteiger partial charge is 0.419 e. The van der Waals surface area contributed by atoms with Crippen LogP contribution < -0.4 is 11.5 Å². The topological polar surface area (TPSA) is 81.5 Å². The van der Waals surface area contributed by atoms with Gasteiger partial charge < -0.3 is 15.1 Å². The number of benzene rings is 1. The second-order valence-corrected chi connectivity index (χ2v) is 3.92. The van der Waals surface area contributed by atoms with Crippen molar-refractivity contribution in [3.8, 4) is 0 Å². The molecule has 6 heteroatoms. The molecule has 0 aliphatic rings. The first-order valence-electron chi connectivity index (χ1n) is 5.08. The molecule has 2 rings (SSSR count). The van der Waals surface area contributed by atoms with Crippen molar-refractivity contribution in [2.24, 2.45) is 12.8 Å². The second kappa shape index (κ2) is 3.97. The molecule has 2 amide bonds. The third-order valence-corrected chi connectivity index (χ3v) is 2.65. The number of hydrogen-bond acceptors (Lipinski definition) is 3. The van der Waals surface area contributed by atoms with E-state index in [9.17, 15) is 9.59 Å². The molecule has 1 heterocycles. The molecule has 0 saturated carbocycles. The fraction of sp³-hybridized carbons (Fsp3) is 0.273. The number of carbonyl (C=O) groups excluding carboxylic acids is 1. The highest BCUT2D eigenvalue weighted by atomic mass is 16.4. The van der Waals surface area contributed by atoms with Gasteiger partial charge in [-0.25, -0.2) is 9.59 Å². The van der Waals surface area contributed by atoms with Crippen molar-refractivity contribution in [1.29, 1.82) is 0 Å². The summed E-state index contributed by atoms with van der Waals surface area (Å²) >= 11 is 0. The van der Waals surface area contributed by atoms with Gasteiger partial charge in [0, 0.05) is 20.6 Å². The van der Waals surface area contributed by atoms with Crippen LogP contribution in [0.3, 0.4) is 0 Å². The van der Waals surface area contributed by atoms with E-state index in [0.29, 0.717) is 12.1 Å². The Morgan fingerprint density at radius 2 is 2.24 bits per heavy atom. The standard InChI is InChI=1S/C11H13N3O3/c1-13(10(12)15)6-7-3-4-8-9(5-7)17-11(16)14(8)2/h3-5H,6H2,1-2H3,(H2,12,15). The minimum absolute atomic E-state index is 0.379. The highest BCUT2D eigenvalue weighted by Gasteiger charge is 2.08. The van der Waals surface area contributed by atoms with Gasteiger partial charge in [-0.2, -0.15) is 0 Å². The monoisotopic (exact) mass is 235 g/mol. The lowest BCUT2D eigenvalue weighted by molar-refractivity contribution is 0.216. The lowest BCUT2D eigenvalue weighted by Crippen LogP contribution is -2.31. The average Bonchev–Trinajstić information content (AvgIpc) is 2.54. The van der Waals surface area contributed by atoms with Crippen LogP contribution in [0, 0.1) is 0 Å². The summed E-state index contributed by atoms with van der Waals surface area (Å²) in [5.74, 6) is -0.402. The van der Waals surface area contributed by atoms with Crippen LogP contribution >= 0.6 is 0 Å². The van der Waals surface area contributed by atoms with E-state index in [0.717, 1.165) is 11.1 Å². The van der Waals surface area contributed by atoms with Crippen molar-refractivity contribution in [2.45, 2.75) is 6.54 Å². The maximum Gasteiger partial charge on any atom is 0.419 e. The second-order valence-electron chi connectivity index (χ2n) is 3.92. The van der Waals surface area contributed by atoms with Crippen LogP contribution in [0.4, 0.5) is 4.79 Å². The third kappa shape index (κ3) is 2.01. The fourth-order valence-corrected chi connectivity index (χ4v) is 1.63. The van der Waals surface area contributed by atoms with Gasteiger partial charge >= 0.3 is 11.8 Å². The van der Waals surface area contributed by atoms with E-state index < -0.39 is 11.8 Å². The normalized spacial score (nSPS) is 10.7. The molecular weight excluding hydrogens is 222 g/mol. The summed E-state index contributed by atoms with van der Waals surface area (Å²) in [6, 6.07) is 4.84. The highest BCUT2D eigenvalue weighted by molar-refractivity contribution is 5.74. The van der Waals surface area contributed by atoms with E-state index in [1.807, 2.05) is 6.07 Å². The number of hydrogen-bond donors (Lipinski definition) is 1. The Hall–Kier alpha value is -2.24. The summed E-state index contributed by atoms with van der Waals surface area (Å²) < 4.78 is 6.48. The molecule has 2 aromatic rings. The van der Waals surface area contributed by atoms with E-state index in [2.05, 4.69) is 0 Å². The van der Waals surface area contributed by atoms with Crippen molar-refractivity contribution in [3.05, 3.63) is 34.3 Å². The van der Waals surface area contributed by atoms with Gasteiger partial charge in [-0.05, 0) is 17.7 Å². The van der Waals surface area contributed by atoms with Gasteiger partial charge in [0.1, 0.15) is 0 Å². The molecule has 6 nitrogen and oxygen atoms in total. The Bertz CT molecular complexity index is 626. The maximum atomic E-state index is 11.3. The Labute approximate surface area is 97.2 Å². The first kappa shape index (κ1) is 11.3. The predicted octanol–water partition coefficient (Wildman–Crippen LogP) is 0.642. The summed E-state index contributed by atoms with van der Waals surface area (Å²) in [5.41, 5.74) is 7.22. The average molecular weight is 235 g/mol. The van der Waals surface area contributed by atoms with Crippen LogP contribution in [-0.4, -0.2) is 22.5 Å². The van der Waals surface area contributed by atoms with Gasteiger partial charge in [-0.3, -0.25) is 4.57 Å². The molecule has 0 spiro atoms. The maximum absolute atomic E-state index is 11.3. The molecule has 0 saturated heterocycles. The summed E-state index contributed by atoms with van der Waals surface area (Å²) in [5, 5.41) is 0. The molecule has 17 heavy (non-hydrogen) atoms. The van der Waals surface area contributed by atoms with Crippen LogP contribution in [0.2, 0.25) is 0 Å². The number of rotatable bonds is 2. The van der Waals surface area contributed by atoms with E-state index in [4.69, 9.17) is 10.2 Å². The molecule has 90 valence electrons. The van der Waals surface area contributed by atoms with Gasteiger partial charge in [0.15, 0.2) is 5.58 Å². The molecule has 2 N–H and O–H groups in total. The Morgan fingerprint density at radius 3 is 2.88 bits per heavy atom. The summed E-state index contributed by atoms with van der Waals surface area (Å²) in [4.78, 5) is 23.6. The molecule has 0 bridgehead atoms. The summed E-state index contributed by atoms with van der Waals surface area (Å²) in [6.45, 7) is 0.379. The van der Waals surface area contributed by atoms with Crippen LogP contribution in [-0.2, 0) is 13.6 Å². The zero-order valence-electron chi connectivity index (χ0n) is 9.64. The molecule has 0 radical (unpaired) electrons. The predicted molar refractivity (Wildman–Crippen MR) is 62.5 cm³/mol. The number of nitrogens with zero attached hydrogens (tertiary/aromatic N) is 2. The lowest BCUT2D eigenvalue weighted by Gasteiger charge is -2.13. The van der Waals surface area contributed by atoms with E-state index in [-0.39, 0.29) is 0 Å². The zero-order valence-corrected chi connectivity index (χ0v) is 9.64. The van der Waals surface area contributed by atoms with Gasteiger partial charge in [0.05, 0.1) is 5.52 Å². The molecule has 0 aliphatic carbocycles. The van der Waals surface area contributed by atoms with Crippen LogP contribution in [0.5, 0.6) is 0 Å². The SMILES string of the molecule is CN(Cc1ccc2c(c1)oc(=O)n2C)C(N)=O. The number of primary amides is 1. The Kier molecular flexibility index (Phi) is 2.63. The quantitative estimate of drug-likeness (QED) is 0.829. The lowest BCUT2D eigenvalue weighted by atomic mass is 10.2. The molecule has 1 aromatic heterocycles. The molecule has 0 fully saturated rings. The number of aromatic nitrogens is 1. The van der Waals surface area contributed by atoms with Crippen molar-refractivity contribution in [3.63, 3.8) is 0 Å². The first-order chi connectivity index (χ1) is 7.99. The van der Waals surface area contributed by atoms with Crippen LogP contribution in [0.1, 0.15) is 5.56 Å². The van der Waals surface area contributed by atoms with Crippen LogP contribution in [0.25, 0.3) is 11.1 Å². The molecule has 1 aromatic carbocycles. The summed E-state index contributed by atoms with van der Waals surface area (Å²) in [6.07, 6.45) is 0. The van der Waals surface area contributed by atoms with Crippen molar-refractivity contribution < 1.29 is 9.21 Å². The molecule has 0 aliphatic heterocycles. The zero-order chi connectivity index (χ0) is 12.6. The number of aryl methyl sites for hydroxylation is 1. The van der Waals surface area contributed by atoms with Crippen LogP contribution in [0.15, 0.2) is 27.4 Å². The van der Waals surface area contributed by atoms with Gasteiger partial charge in [0.25, 0.3) is 0 Å². The molecular formula is C11H13N3O3. The highest BCUT2D eigenvalue weighted by Crippen LogP contribution is 2.15. The Balaban J connectivity index is 2.38. The number of urea groups is 1. The summed E-state index contributed by atoms with van der Waals surface area (Å²) in [7, 11) is 3.25. The number of fused-ring (bicyclic) bond motifs is 1. The van der Waals surface area contributed by atoms with Crippen molar-refractivity contribution in [2.75, 3.05) is 7.05 Å². The smallest absolute Gasteiger partial charge is 0.408 e. The number of nitrogens with two attached hydrogens (primary N) is 1. The van der Waals surface area contributed by atoms with Gasteiger partial charge in [0.2, 0.25) is 0 Å². The minimum Gasteiger partial charge on any atom is -0.408 e.